The van der Waals surface area contributed by atoms with E-state index in [1.807, 2.05) is 0 Å². The van der Waals surface area contributed by atoms with Gasteiger partial charge >= 0.3 is 5.97 Å². The largest absolute Gasteiger partial charge is 0.489 e. The smallest absolute Gasteiger partial charge is 0.335 e. The van der Waals surface area contributed by atoms with Gasteiger partial charge in [-0.1, -0.05) is 63.2 Å². The molecule has 0 amide bonds. The Kier molecular flexibility index (Phi) is 8.75. The molecule has 0 unspecified atom stereocenters. The molecule has 0 heterocycles. The zero-order valence-corrected chi connectivity index (χ0v) is 22.2. The molecule has 0 fully saturated rings. The molecule has 0 bridgehead atoms. The molecule has 6 nitrogen and oxygen atoms in total. The van der Waals surface area contributed by atoms with E-state index in [0.717, 1.165) is 17.5 Å². The SMILES string of the molecule is CC(C)(Cc1ccc(C(C)(C)C)cc1)NC[C@@H](O)COc1cc(-c2ccc(C(=O)O)cc2)ccc1C#N. The normalized spacial score (nSPS) is 12.6. The van der Waals surface area contributed by atoms with Gasteiger partial charge in [0.05, 0.1) is 11.1 Å². The number of rotatable bonds is 10. The van der Waals surface area contributed by atoms with Crippen molar-refractivity contribution in [2.75, 3.05) is 13.2 Å². The average Bonchev–Trinajstić information content (AvgIpc) is 2.85. The molecule has 37 heavy (non-hydrogen) atoms. The summed E-state index contributed by atoms with van der Waals surface area (Å²) in [7, 11) is 0. The third-order valence-electron chi connectivity index (χ3n) is 6.28. The Morgan fingerprint density at radius 1 is 0.973 bits per heavy atom. The van der Waals surface area contributed by atoms with Crippen molar-refractivity contribution < 1.29 is 19.7 Å². The second kappa shape index (κ2) is 11.6. The number of benzene rings is 3. The fraction of sp³-hybridized carbons (Fsp3) is 0.355. The number of nitrogens with one attached hydrogen (secondary N) is 1. The van der Waals surface area contributed by atoms with Crippen LogP contribution in [0.2, 0.25) is 0 Å². The van der Waals surface area contributed by atoms with Crippen LogP contribution in [0.3, 0.4) is 0 Å². The van der Waals surface area contributed by atoms with Crippen LogP contribution in [-0.2, 0) is 11.8 Å². The van der Waals surface area contributed by atoms with Crippen LogP contribution >= 0.6 is 0 Å². The molecule has 0 radical (unpaired) electrons. The fourth-order valence-corrected chi connectivity index (χ4v) is 4.05. The molecule has 3 aromatic carbocycles. The minimum Gasteiger partial charge on any atom is -0.489 e. The van der Waals surface area contributed by atoms with Crippen LogP contribution in [0.25, 0.3) is 11.1 Å². The highest BCUT2D eigenvalue weighted by atomic mass is 16.5. The van der Waals surface area contributed by atoms with Crippen LogP contribution in [0.5, 0.6) is 5.75 Å². The van der Waals surface area contributed by atoms with Crippen LogP contribution in [0.15, 0.2) is 66.7 Å². The van der Waals surface area contributed by atoms with E-state index >= 15 is 0 Å². The summed E-state index contributed by atoms with van der Waals surface area (Å²) >= 11 is 0. The number of nitrogens with zero attached hydrogens (tertiary/aromatic N) is 1. The number of aliphatic hydroxyl groups is 1. The van der Waals surface area contributed by atoms with Crippen molar-refractivity contribution >= 4 is 5.97 Å². The Bertz CT molecular complexity index is 1250. The first-order valence-electron chi connectivity index (χ1n) is 12.4. The molecule has 0 aromatic heterocycles. The Labute approximate surface area is 219 Å². The monoisotopic (exact) mass is 500 g/mol. The van der Waals surface area contributed by atoms with E-state index in [1.165, 1.54) is 23.3 Å². The summed E-state index contributed by atoms with van der Waals surface area (Å²) in [4.78, 5) is 11.1. The molecule has 194 valence electrons. The molecule has 1 atom stereocenters. The zero-order valence-electron chi connectivity index (χ0n) is 22.2. The molecule has 0 spiro atoms. The summed E-state index contributed by atoms with van der Waals surface area (Å²) in [6.07, 6.45) is 0.0411. The Morgan fingerprint density at radius 2 is 1.59 bits per heavy atom. The van der Waals surface area contributed by atoms with E-state index in [0.29, 0.717) is 17.9 Å². The number of hydrogen-bond donors (Lipinski definition) is 3. The number of ether oxygens (including phenoxy) is 1. The third kappa shape index (κ3) is 7.91. The lowest BCUT2D eigenvalue weighted by Crippen LogP contribution is -2.46. The van der Waals surface area contributed by atoms with Crippen LogP contribution in [0.4, 0.5) is 0 Å². The summed E-state index contributed by atoms with van der Waals surface area (Å²) in [6.45, 7) is 11.2. The van der Waals surface area contributed by atoms with Crippen molar-refractivity contribution in [2.24, 2.45) is 0 Å². The van der Waals surface area contributed by atoms with Crippen molar-refractivity contribution in [1.29, 1.82) is 5.26 Å². The molecular formula is C31H36N2O4. The molecule has 0 aliphatic rings. The average molecular weight is 501 g/mol. The van der Waals surface area contributed by atoms with Crippen LogP contribution in [-0.4, -0.2) is 41.0 Å². The van der Waals surface area contributed by atoms with Gasteiger partial charge in [-0.15, -0.1) is 0 Å². The lowest BCUT2D eigenvalue weighted by Gasteiger charge is -2.28. The lowest BCUT2D eigenvalue weighted by molar-refractivity contribution is 0.0697. The maximum atomic E-state index is 11.1. The Hall–Kier alpha value is -3.66. The topological polar surface area (TPSA) is 103 Å². The first kappa shape index (κ1) is 27.9. The highest BCUT2D eigenvalue weighted by Gasteiger charge is 2.21. The molecule has 0 aliphatic heterocycles. The maximum Gasteiger partial charge on any atom is 0.335 e. The van der Waals surface area contributed by atoms with Crippen molar-refractivity contribution in [1.82, 2.24) is 5.32 Å². The molecule has 3 N–H and O–H groups in total. The van der Waals surface area contributed by atoms with Crippen molar-refractivity contribution in [2.45, 2.75) is 58.1 Å². The summed E-state index contributed by atoms with van der Waals surface area (Å²) in [5.74, 6) is -0.612. The van der Waals surface area contributed by atoms with E-state index in [2.05, 4.69) is 70.3 Å². The van der Waals surface area contributed by atoms with E-state index in [1.54, 1.807) is 30.3 Å². The molecule has 3 rings (SSSR count). The highest BCUT2D eigenvalue weighted by molar-refractivity contribution is 5.88. The number of β-amino-alcohol motifs (C(OH)–C–C–N with tert-alkyl or cyclic N) is 1. The predicted octanol–water partition coefficient (Wildman–Crippen LogP) is 5.57. The minimum atomic E-state index is -0.986. The highest BCUT2D eigenvalue weighted by Crippen LogP contribution is 2.28. The van der Waals surface area contributed by atoms with Gasteiger partial charge in [-0.2, -0.15) is 5.26 Å². The van der Waals surface area contributed by atoms with E-state index in [9.17, 15) is 15.2 Å². The lowest BCUT2D eigenvalue weighted by atomic mass is 9.85. The molecule has 0 saturated heterocycles. The van der Waals surface area contributed by atoms with Gasteiger partial charge in [0.15, 0.2) is 0 Å². The number of carboxylic acids is 1. The van der Waals surface area contributed by atoms with Gasteiger partial charge < -0.3 is 20.3 Å². The Balaban J connectivity index is 1.58. The Morgan fingerprint density at radius 3 is 2.16 bits per heavy atom. The van der Waals surface area contributed by atoms with Crippen molar-refractivity contribution in [3.05, 3.63) is 89.0 Å². The number of aromatic carboxylic acids is 1. The summed E-state index contributed by atoms with van der Waals surface area (Å²) in [5.41, 5.74) is 4.57. The van der Waals surface area contributed by atoms with Gasteiger partial charge in [-0.3, -0.25) is 0 Å². The summed E-state index contributed by atoms with van der Waals surface area (Å²) < 4.78 is 5.84. The molecule has 3 aromatic rings. The molecular weight excluding hydrogens is 464 g/mol. The summed E-state index contributed by atoms with van der Waals surface area (Å²) in [5, 5.41) is 32.6. The quantitative estimate of drug-likeness (QED) is 0.336. The number of nitriles is 1. The van der Waals surface area contributed by atoms with E-state index < -0.39 is 12.1 Å². The first-order chi connectivity index (χ1) is 17.4. The summed E-state index contributed by atoms with van der Waals surface area (Å²) in [6, 6.07) is 22.5. The van der Waals surface area contributed by atoms with Gasteiger partial charge in [0, 0.05) is 12.1 Å². The van der Waals surface area contributed by atoms with E-state index in [4.69, 9.17) is 9.84 Å². The number of carbonyl (C=O) groups is 1. The second-order valence-electron chi connectivity index (χ2n) is 11.1. The molecule has 0 saturated carbocycles. The third-order valence-corrected chi connectivity index (χ3v) is 6.28. The number of hydrogen-bond acceptors (Lipinski definition) is 5. The second-order valence-corrected chi connectivity index (χ2v) is 11.1. The first-order valence-corrected chi connectivity index (χ1v) is 12.4. The standard InChI is InChI=1S/C31H36N2O4/c1-30(2,3)26-14-6-21(7-15-26)17-31(4,5)33-19-27(34)20-37-28-16-24(12-13-25(28)18-32)22-8-10-23(11-9-22)29(35)36/h6-16,27,33-34H,17,19-20H2,1-5H3,(H,35,36)/t27-/m1/s1. The van der Waals surface area contributed by atoms with Gasteiger partial charge in [-0.05, 0) is 72.2 Å². The van der Waals surface area contributed by atoms with Gasteiger partial charge in [0.2, 0.25) is 0 Å². The fourth-order valence-electron chi connectivity index (χ4n) is 4.05. The van der Waals surface area contributed by atoms with Gasteiger partial charge in [-0.25, -0.2) is 4.79 Å². The van der Waals surface area contributed by atoms with Gasteiger partial charge in [0.25, 0.3) is 0 Å². The number of carboxylic acid groups (broad SMARTS) is 1. The van der Waals surface area contributed by atoms with Crippen LogP contribution in [0.1, 0.15) is 61.7 Å². The van der Waals surface area contributed by atoms with Gasteiger partial charge in [0.1, 0.15) is 24.5 Å². The predicted molar refractivity (Wildman–Crippen MR) is 146 cm³/mol. The van der Waals surface area contributed by atoms with Crippen molar-refractivity contribution in [3.8, 4) is 22.9 Å². The molecule has 0 aliphatic carbocycles. The van der Waals surface area contributed by atoms with Crippen molar-refractivity contribution in [3.63, 3.8) is 0 Å². The number of aliphatic hydroxyl groups excluding tert-OH is 1. The zero-order chi connectivity index (χ0) is 27.2. The minimum absolute atomic E-state index is 0.0272. The van der Waals surface area contributed by atoms with Crippen LogP contribution < -0.4 is 10.1 Å². The van der Waals surface area contributed by atoms with E-state index in [-0.39, 0.29) is 23.1 Å². The van der Waals surface area contributed by atoms with Crippen LogP contribution in [0, 0.1) is 11.3 Å². The maximum absolute atomic E-state index is 11.1. The molecule has 6 heteroatoms.